The van der Waals surface area contributed by atoms with Crippen LogP contribution in [0.5, 0.6) is 0 Å². The lowest BCUT2D eigenvalue weighted by molar-refractivity contribution is 0.141. The summed E-state index contributed by atoms with van der Waals surface area (Å²) in [4.78, 5) is 20.3. The van der Waals surface area contributed by atoms with E-state index < -0.39 is 6.09 Å². The van der Waals surface area contributed by atoms with Gasteiger partial charge in [-0.05, 0) is 17.7 Å². The number of fused-ring (bicyclic) bond motifs is 1. The number of rotatable bonds is 4. The van der Waals surface area contributed by atoms with Crippen molar-refractivity contribution in [1.29, 1.82) is 0 Å². The molecule has 0 radical (unpaired) electrons. The Morgan fingerprint density at radius 3 is 2.86 bits per heavy atom. The highest BCUT2D eigenvalue weighted by Crippen LogP contribution is 2.23. The molecule has 0 saturated heterocycles. The highest BCUT2D eigenvalue weighted by Gasteiger charge is 2.15. The molecule has 0 spiro atoms. The predicted octanol–water partition coefficient (Wildman–Crippen LogP) is 2.64. The maximum atomic E-state index is 11.6. The number of amides is 1. The summed E-state index contributed by atoms with van der Waals surface area (Å²) in [6.45, 7) is 0.644. The largest absolute Gasteiger partial charge is 0.445 e. The number of carbonyl (C=O) groups excluding carboxylic acids is 1. The third kappa shape index (κ3) is 3.45. The predicted molar refractivity (Wildman–Crippen MR) is 79.7 cm³/mol. The van der Waals surface area contributed by atoms with Crippen LogP contribution in [0, 0.1) is 0 Å². The number of alkyl carbamates (subject to hydrolysis) is 1. The van der Waals surface area contributed by atoms with Gasteiger partial charge >= 0.3 is 6.09 Å². The van der Waals surface area contributed by atoms with Crippen molar-refractivity contribution in [1.82, 2.24) is 10.3 Å². The van der Waals surface area contributed by atoms with E-state index >= 15 is 0 Å². The van der Waals surface area contributed by atoms with E-state index in [2.05, 4.69) is 15.3 Å². The molecule has 0 atom stereocenters. The molecule has 1 aliphatic rings. The van der Waals surface area contributed by atoms with Crippen molar-refractivity contribution in [3.63, 3.8) is 0 Å². The van der Waals surface area contributed by atoms with Gasteiger partial charge in [-0.15, -0.1) is 0 Å². The first-order chi connectivity index (χ1) is 10.3. The van der Waals surface area contributed by atoms with E-state index in [4.69, 9.17) is 4.74 Å². The van der Waals surface area contributed by atoms with Gasteiger partial charge in [-0.2, -0.15) is 0 Å². The van der Waals surface area contributed by atoms with E-state index in [-0.39, 0.29) is 6.61 Å². The number of nitrogens with zero attached hydrogens (tertiary/aromatic N) is 2. The average Bonchev–Trinajstić information content (AvgIpc) is 2.95. The van der Waals surface area contributed by atoms with Crippen LogP contribution in [0.25, 0.3) is 0 Å². The van der Waals surface area contributed by atoms with Crippen LogP contribution in [-0.2, 0) is 17.8 Å². The molecule has 106 valence electrons. The average molecular weight is 281 g/mol. The second-order valence-corrected chi connectivity index (χ2v) is 4.74. The van der Waals surface area contributed by atoms with Gasteiger partial charge in [0.05, 0.1) is 17.9 Å². The lowest BCUT2D eigenvalue weighted by Gasteiger charge is -2.06. The molecule has 1 amide bonds. The van der Waals surface area contributed by atoms with Gasteiger partial charge in [0.15, 0.2) is 0 Å². The standard InChI is InChI=1S/C16H15N3O2/c20-16(21-11-12-5-2-1-3-6-12)18-10-13-9-15-14(19-13)7-4-8-17-15/h1-8H,9-11H2,(H,18,20). The van der Waals surface area contributed by atoms with Crippen molar-refractivity contribution in [3.05, 3.63) is 59.9 Å². The Morgan fingerprint density at radius 2 is 2.05 bits per heavy atom. The first kappa shape index (κ1) is 13.3. The molecule has 5 heteroatoms. The number of aromatic nitrogens is 1. The van der Waals surface area contributed by atoms with Crippen molar-refractivity contribution in [2.24, 2.45) is 4.99 Å². The summed E-state index contributed by atoms with van der Waals surface area (Å²) in [5.74, 6) is 0. The number of nitrogens with one attached hydrogen (secondary N) is 1. The number of hydrogen-bond acceptors (Lipinski definition) is 4. The van der Waals surface area contributed by atoms with Crippen LogP contribution in [0.1, 0.15) is 11.3 Å². The molecule has 1 aromatic heterocycles. The van der Waals surface area contributed by atoms with E-state index in [0.29, 0.717) is 13.0 Å². The van der Waals surface area contributed by atoms with Crippen LogP contribution < -0.4 is 5.32 Å². The van der Waals surface area contributed by atoms with Gasteiger partial charge < -0.3 is 10.1 Å². The summed E-state index contributed by atoms with van der Waals surface area (Å²) >= 11 is 0. The zero-order valence-corrected chi connectivity index (χ0v) is 11.5. The fourth-order valence-corrected chi connectivity index (χ4v) is 2.12. The zero-order chi connectivity index (χ0) is 14.5. The fraction of sp³-hybridized carbons (Fsp3) is 0.188. The third-order valence-corrected chi connectivity index (χ3v) is 3.17. The number of hydrogen-bond donors (Lipinski definition) is 1. The Balaban J connectivity index is 1.45. The molecule has 0 saturated carbocycles. The molecule has 2 heterocycles. The minimum absolute atomic E-state index is 0.265. The molecular formula is C16H15N3O2. The summed E-state index contributed by atoms with van der Waals surface area (Å²) in [6, 6.07) is 13.3. The maximum absolute atomic E-state index is 11.6. The smallest absolute Gasteiger partial charge is 0.407 e. The summed E-state index contributed by atoms with van der Waals surface area (Å²) in [5.41, 5.74) is 3.68. The van der Waals surface area contributed by atoms with E-state index in [1.807, 2.05) is 42.5 Å². The molecule has 0 bridgehead atoms. The van der Waals surface area contributed by atoms with Crippen molar-refractivity contribution < 1.29 is 9.53 Å². The van der Waals surface area contributed by atoms with Gasteiger partial charge in [0, 0.05) is 18.3 Å². The number of benzene rings is 1. The molecule has 1 aliphatic heterocycles. The highest BCUT2D eigenvalue weighted by molar-refractivity contribution is 5.96. The van der Waals surface area contributed by atoms with Crippen LogP contribution in [0.15, 0.2) is 53.7 Å². The number of ether oxygens (including phenoxy) is 1. The molecule has 5 nitrogen and oxygen atoms in total. The van der Waals surface area contributed by atoms with Gasteiger partial charge in [0.1, 0.15) is 6.61 Å². The molecule has 0 fully saturated rings. The molecule has 1 aromatic carbocycles. The zero-order valence-electron chi connectivity index (χ0n) is 11.5. The Kier molecular flexibility index (Phi) is 3.91. The third-order valence-electron chi connectivity index (χ3n) is 3.17. The van der Waals surface area contributed by atoms with Crippen LogP contribution in [0.2, 0.25) is 0 Å². The second kappa shape index (κ2) is 6.17. The minimum Gasteiger partial charge on any atom is -0.445 e. The molecule has 0 unspecified atom stereocenters. The Morgan fingerprint density at radius 1 is 1.19 bits per heavy atom. The lowest BCUT2D eigenvalue weighted by Crippen LogP contribution is -2.30. The van der Waals surface area contributed by atoms with Gasteiger partial charge in [-0.3, -0.25) is 9.98 Å². The van der Waals surface area contributed by atoms with Crippen LogP contribution >= 0.6 is 0 Å². The highest BCUT2D eigenvalue weighted by atomic mass is 16.5. The van der Waals surface area contributed by atoms with Crippen LogP contribution in [-0.4, -0.2) is 23.3 Å². The Labute approximate surface area is 122 Å². The monoisotopic (exact) mass is 281 g/mol. The Bertz CT molecular complexity index is 668. The normalized spacial score (nSPS) is 12.5. The fourth-order valence-electron chi connectivity index (χ4n) is 2.12. The molecule has 21 heavy (non-hydrogen) atoms. The minimum atomic E-state index is -0.439. The second-order valence-electron chi connectivity index (χ2n) is 4.74. The number of pyridine rings is 1. The SMILES string of the molecule is O=C(NCC1=Nc2cccnc2C1)OCc1ccccc1. The number of carbonyl (C=O) groups is 1. The molecule has 2 aromatic rings. The van der Waals surface area contributed by atoms with Crippen LogP contribution in [0.4, 0.5) is 10.5 Å². The van der Waals surface area contributed by atoms with E-state index in [0.717, 1.165) is 22.7 Å². The quantitative estimate of drug-likeness (QED) is 0.937. The van der Waals surface area contributed by atoms with Gasteiger partial charge in [-0.25, -0.2) is 4.79 Å². The maximum Gasteiger partial charge on any atom is 0.407 e. The molecule has 3 rings (SSSR count). The summed E-state index contributed by atoms with van der Waals surface area (Å²) < 4.78 is 5.14. The van der Waals surface area contributed by atoms with Crippen molar-refractivity contribution in [3.8, 4) is 0 Å². The van der Waals surface area contributed by atoms with Crippen molar-refractivity contribution in [2.75, 3.05) is 6.54 Å². The summed E-state index contributed by atoms with van der Waals surface area (Å²) in [7, 11) is 0. The first-order valence-corrected chi connectivity index (χ1v) is 6.76. The summed E-state index contributed by atoms with van der Waals surface area (Å²) in [6.07, 6.45) is 1.99. The van der Waals surface area contributed by atoms with Gasteiger partial charge in [0.2, 0.25) is 0 Å². The van der Waals surface area contributed by atoms with E-state index in [1.54, 1.807) is 6.20 Å². The van der Waals surface area contributed by atoms with Crippen molar-refractivity contribution in [2.45, 2.75) is 13.0 Å². The molecule has 1 N–H and O–H groups in total. The summed E-state index contributed by atoms with van der Waals surface area (Å²) in [5, 5.41) is 2.71. The molecule has 0 aliphatic carbocycles. The number of aliphatic imine (C=N–C) groups is 1. The van der Waals surface area contributed by atoms with E-state index in [9.17, 15) is 4.79 Å². The van der Waals surface area contributed by atoms with E-state index in [1.165, 1.54) is 0 Å². The lowest BCUT2D eigenvalue weighted by atomic mass is 10.2. The van der Waals surface area contributed by atoms with Gasteiger partial charge in [0.25, 0.3) is 0 Å². The van der Waals surface area contributed by atoms with Crippen LogP contribution in [0.3, 0.4) is 0 Å². The van der Waals surface area contributed by atoms with Gasteiger partial charge in [-0.1, -0.05) is 30.3 Å². The van der Waals surface area contributed by atoms with Crippen molar-refractivity contribution >= 4 is 17.5 Å². The topological polar surface area (TPSA) is 63.6 Å². The Hall–Kier alpha value is -2.69. The molecular weight excluding hydrogens is 266 g/mol. The first-order valence-electron chi connectivity index (χ1n) is 6.76.